The number of nitrogens with zero attached hydrogens (tertiary/aromatic N) is 6. The third-order valence-electron chi connectivity index (χ3n) is 7.60. The SMILES string of the molecule is NC(=O)c1ccc(-c2cc3c(N(C(=O)c4ccc(-n5nnc6cccnc65)cc4F)[C@@H]4CCCNC4)nccc3s2)cc1. The molecule has 1 aliphatic rings. The summed E-state index contributed by atoms with van der Waals surface area (Å²) < 4.78 is 18.1. The van der Waals surface area contributed by atoms with Gasteiger partial charge in [0.1, 0.15) is 17.2 Å². The molecule has 5 heterocycles. The van der Waals surface area contributed by atoms with Crippen molar-refractivity contribution < 1.29 is 14.0 Å². The summed E-state index contributed by atoms with van der Waals surface area (Å²) in [6.45, 7) is 1.41. The highest BCUT2D eigenvalue weighted by Crippen LogP contribution is 2.39. The highest BCUT2D eigenvalue weighted by atomic mass is 32.1. The van der Waals surface area contributed by atoms with Crippen LogP contribution in [0.4, 0.5) is 10.2 Å². The van der Waals surface area contributed by atoms with Crippen LogP contribution in [0.1, 0.15) is 33.6 Å². The van der Waals surface area contributed by atoms with Gasteiger partial charge in [-0.1, -0.05) is 17.3 Å². The molecule has 7 rings (SSSR count). The summed E-state index contributed by atoms with van der Waals surface area (Å²) in [5.74, 6) is -1.17. The molecule has 43 heavy (non-hydrogen) atoms. The number of benzene rings is 2. The molecule has 0 spiro atoms. The van der Waals surface area contributed by atoms with Gasteiger partial charge < -0.3 is 11.1 Å². The molecule has 12 heteroatoms. The van der Waals surface area contributed by atoms with E-state index in [-0.39, 0.29) is 11.6 Å². The molecule has 10 nitrogen and oxygen atoms in total. The topological polar surface area (TPSA) is 132 Å². The Morgan fingerprint density at radius 3 is 2.67 bits per heavy atom. The number of nitrogens with two attached hydrogens (primary N) is 1. The highest BCUT2D eigenvalue weighted by molar-refractivity contribution is 7.22. The summed E-state index contributed by atoms with van der Waals surface area (Å²) in [6, 6.07) is 18.7. The molecular weight excluding hydrogens is 567 g/mol. The zero-order valence-corrected chi connectivity index (χ0v) is 23.6. The van der Waals surface area contributed by atoms with E-state index in [4.69, 9.17) is 5.73 Å². The molecule has 0 bridgehead atoms. The monoisotopic (exact) mass is 592 g/mol. The minimum Gasteiger partial charge on any atom is -0.366 e. The zero-order chi connectivity index (χ0) is 29.5. The van der Waals surface area contributed by atoms with Gasteiger partial charge in [-0.3, -0.25) is 14.5 Å². The van der Waals surface area contributed by atoms with Crippen LogP contribution in [0.15, 0.2) is 79.1 Å². The first-order chi connectivity index (χ1) is 21.0. The molecule has 0 radical (unpaired) electrons. The summed E-state index contributed by atoms with van der Waals surface area (Å²) in [7, 11) is 0. The Bertz CT molecular complexity index is 2000. The molecule has 0 saturated carbocycles. The van der Waals surface area contributed by atoms with Crippen molar-refractivity contribution in [3.63, 3.8) is 0 Å². The van der Waals surface area contributed by atoms with Gasteiger partial charge in [0, 0.05) is 45.5 Å². The Labute approximate surface area is 249 Å². The number of halogens is 1. The maximum absolute atomic E-state index is 15.8. The number of amides is 2. The predicted molar refractivity (Wildman–Crippen MR) is 163 cm³/mol. The van der Waals surface area contributed by atoms with Crippen molar-refractivity contribution in [3.05, 3.63) is 96.1 Å². The first-order valence-electron chi connectivity index (χ1n) is 13.8. The number of nitrogens with one attached hydrogen (secondary N) is 1. The lowest BCUT2D eigenvalue weighted by Crippen LogP contribution is -2.49. The number of pyridine rings is 2. The number of fused-ring (bicyclic) bond motifs is 2. The maximum atomic E-state index is 15.8. The molecule has 0 aliphatic carbocycles. The van der Waals surface area contributed by atoms with Crippen LogP contribution in [-0.4, -0.2) is 55.9 Å². The second kappa shape index (κ2) is 11.0. The Balaban J connectivity index is 1.29. The van der Waals surface area contributed by atoms with Crippen molar-refractivity contribution in [2.24, 2.45) is 5.73 Å². The molecule has 0 unspecified atom stereocenters. The van der Waals surface area contributed by atoms with Crippen LogP contribution in [0.2, 0.25) is 0 Å². The fourth-order valence-electron chi connectivity index (χ4n) is 5.45. The fraction of sp³-hybridized carbons (Fsp3) is 0.161. The van der Waals surface area contributed by atoms with Crippen LogP contribution in [0.5, 0.6) is 0 Å². The van der Waals surface area contributed by atoms with Crippen molar-refractivity contribution in [2.45, 2.75) is 18.9 Å². The van der Waals surface area contributed by atoms with Crippen molar-refractivity contribution in [2.75, 3.05) is 18.0 Å². The van der Waals surface area contributed by atoms with E-state index in [1.54, 1.807) is 59.0 Å². The molecule has 6 aromatic rings. The smallest absolute Gasteiger partial charge is 0.262 e. The van der Waals surface area contributed by atoms with Gasteiger partial charge in [-0.2, -0.15) is 4.68 Å². The van der Waals surface area contributed by atoms with Gasteiger partial charge in [0.15, 0.2) is 5.65 Å². The number of carbonyl (C=O) groups excluding carboxylic acids is 2. The van der Waals surface area contributed by atoms with Gasteiger partial charge in [0.25, 0.3) is 5.91 Å². The molecule has 1 aliphatic heterocycles. The Hall–Kier alpha value is -5.07. The van der Waals surface area contributed by atoms with Gasteiger partial charge in [-0.05, 0) is 73.5 Å². The molecule has 1 saturated heterocycles. The third-order valence-corrected chi connectivity index (χ3v) is 8.75. The van der Waals surface area contributed by atoms with Crippen LogP contribution in [0.25, 0.3) is 37.4 Å². The summed E-state index contributed by atoms with van der Waals surface area (Å²) in [4.78, 5) is 37.3. The lowest BCUT2D eigenvalue weighted by molar-refractivity contribution is 0.0966. The number of hydrogen-bond donors (Lipinski definition) is 2. The number of rotatable bonds is 6. The summed E-state index contributed by atoms with van der Waals surface area (Å²) >= 11 is 1.55. The van der Waals surface area contributed by atoms with Crippen LogP contribution in [0, 0.1) is 5.82 Å². The minimum absolute atomic E-state index is 0.0667. The van der Waals surface area contributed by atoms with E-state index in [0.717, 1.165) is 39.9 Å². The van der Waals surface area contributed by atoms with Crippen molar-refractivity contribution in [1.82, 2.24) is 30.3 Å². The third kappa shape index (κ3) is 4.90. The molecule has 2 aromatic carbocycles. The summed E-state index contributed by atoms with van der Waals surface area (Å²) in [5, 5.41) is 12.4. The van der Waals surface area contributed by atoms with Crippen LogP contribution < -0.4 is 16.0 Å². The second-order valence-corrected chi connectivity index (χ2v) is 11.4. The number of thiophene rings is 1. The van der Waals surface area contributed by atoms with E-state index in [2.05, 4.69) is 25.6 Å². The van der Waals surface area contributed by atoms with Crippen LogP contribution in [-0.2, 0) is 0 Å². The quantitative estimate of drug-likeness (QED) is 0.286. The van der Waals surface area contributed by atoms with E-state index in [1.807, 2.05) is 24.3 Å². The average Bonchev–Trinajstić information content (AvgIpc) is 3.67. The van der Waals surface area contributed by atoms with Crippen molar-refractivity contribution in [3.8, 4) is 16.1 Å². The van der Waals surface area contributed by atoms with Gasteiger partial charge >= 0.3 is 0 Å². The van der Waals surface area contributed by atoms with Crippen LogP contribution >= 0.6 is 11.3 Å². The van der Waals surface area contributed by atoms with E-state index in [1.165, 1.54) is 16.8 Å². The van der Waals surface area contributed by atoms with E-state index < -0.39 is 17.6 Å². The first-order valence-corrected chi connectivity index (χ1v) is 14.6. The number of hydrogen-bond acceptors (Lipinski definition) is 8. The largest absolute Gasteiger partial charge is 0.366 e. The number of aromatic nitrogens is 5. The van der Waals surface area contributed by atoms with E-state index in [0.29, 0.717) is 34.8 Å². The van der Waals surface area contributed by atoms with E-state index in [9.17, 15) is 9.59 Å². The summed E-state index contributed by atoms with van der Waals surface area (Å²) in [5.41, 5.74) is 8.15. The van der Waals surface area contributed by atoms with Gasteiger partial charge in [-0.15, -0.1) is 16.4 Å². The lowest BCUT2D eigenvalue weighted by atomic mass is 10.0. The van der Waals surface area contributed by atoms with Gasteiger partial charge in [0.05, 0.1) is 17.3 Å². The maximum Gasteiger partial charge on any atom is 0.262 e. The Morgan fingerprint density at radius 1 is 1.05 bits per heavy atom. The zero-order valence-electron chi connectivity index (χ0n) is 22.8. The molecule has 4 aromatic heterocycles. The lowest BCUT2D eigenvalue weighted by Gasteiger charge is -2.34. The normalized spacial score (nSPS) is 15.1. The molecule has 3 N–H and O–H groups in total. The standard InChI is InChI=1S/C31H25FN8O2S/c32-24-15-20(40-30-25(37-38-40)4-2-13-35-30)9-10-22(24)31(42)39(21-3-1-12-34-17-21)29-23-16-27(43-26(23)11-14-36-29)18-5-7-19(8-6-18)28(33)41/h2,4-11,13-16,21,34H,1,3,12,17H2,(H2,33,41)/t21-/m1/s1. The molecular formula is C31H25FN8O2S. The number of primary amides is 1. The minimum atomic E-state index is -0.677. The Kier molecular flexibility index (Phi) is 6.84. The molecule has 1 atom stereocenters. The van der Waals surface area contributed by atoms with E-state index >= 15 is 4.39 Å². The highest BCUT2D eigenvalue weighted by Gasteiger charge is 2.32. The van der Waals surface area contributed by atoms with Gasteiger partial charge in [0.2, 0.25) is 5.91 Å². The number of anilines is 1. The first kappa shape index (κ1) is 26.8. The number of carbonyl (C=O) groups is 2. The molecule has 1 fully saturated rings. The van der Waals surface area contributed by atoms with Crippen LogP contribution in [0.3, 0.4) is 0 Å². The van der Waals surface area contributed by atoms with Crippen molar-refractivity contribution >= 4 is 50.2 Å². The predicted octanol–water partition coefficient (Wildman–Crippen LogP) is 4.73. The second-order valence-electron chi connectivity index (χ2n) is 10.3. The average molecular weight is 593 g/mol. The fourth-order valence-corrected chi connectivity index (χ4v) is 6.51. The molecule has 214 valence electrons. The van der Waals surface area contributed by atoms with Gasteiger partial charge in [-0.25, -0.2) is 14.4 Å². The van der Waals surface area contributed by atoms with Crippen molar-refractivity contribution in [1.29, 1.82) is 0 Å². The summed E-state index contributed by atoms with van der Waals surface area (Å²) in [6.07, 6.45) is 4.91. The number of piperidine rings is 1. The Morgan fingerprint density at radius 2 is 1.91 bits per heavy atom. The molecule has 2 amide bonds.